The van der Waals surface area contributed by atoms with E-state index in [1.807, 2.05) is 6.26 Å². The maximum atomic E-state index is 10.7. The first-order chi connectivity index (χ1) is 4.83. The smallest absolute Gasteiger partial charge is 0.221 e. The Morgan fingerprint density at radius 1 is 1.90 bits per heavy atom. The minimum Gasteiger partial charge on any atom is -0.354 e. The molecule has 4 heteroatoms. The highest BCUT2D eigenvalue weighted by atomic mass is 32.2. The molecule has 1 aliphatic rings. The van der Waals surface area contributed by atoms with Crippen LogP contribution in [0.25, 0.3) is 0 Å². The summed E-state index contributed by atoms with van der Waals surface area (Å²) in [6.45, 7) is 0.791. The lowest BCUT2D eigenvalue weighted by Crippen LogP contribution is -2.30. The second kappa shape index (κ2) is 3.83. The quantitative estimate of drug-likeness (QED) is 0.561. The molecule has 1 fully saturated rings. The summed E-state index contributed by atoms with van der Waals surface area (Å²) >= 11 is 1.74. The van der Waals surface area contributed by atoms with Crippen molar-refractivity contribution < 1.29 is 4.79 Å². The third-order valence-corrected chi connectivity index (χ3v) is 1.95. The summed E-state index contributed by atoms with van der Waals surface area (Å²) in [5, 5.41) is 6.01. The van der Waals surface area contributed by atoms with E-state index in [-0.39, 0.29) is 5.91 Å². The average Bonchev–Trinajstić information content (AvgIpc) is 2.31. The van der Waals surface area contributed by atoms with Crippen molar-refractivity contribution in [1.82, 2.24) is 10.6 Å². The van der Waals surface area contributed by atoms with Gasteiger partial charge in [0, 0.05) is 24.9 Å². The Bertz CT molecular complexity index is 129. The normalized spacial score (nSPS) is 24.9. The van der Waals surface area contributed by atoms with Crippen LogP contribution in [0.2, 0.25) is 0 Å². The topological polar surface area (TPSA) is 41.1 Å². The molecule has 1 heterocycles. The fourth-order valence-electron chi connectivity index (χ4n) is 0.951. The molecule has 0 aromatic carbocycles. The molecule has 10 heavy (non-hydrogen) atoms. The second-order valence-electron chi connectivity index (χ2n) is 2.34. The maximum Gasteiger partial charge on any atom is 0.221 e. The molecule has 0 bridgehead atoms. The lowest BCUT2D eigenvalue weighted by molar-refractivity contribution is -0.119. The Balaban J connectivity index is 2.12. The van der Waals surface area contributed by atoms with Crippen molar-refractivity contribution in [2.24, 2.45) is 0 Å². The van der Waals surface area contributed by atoms with Gasteiger partial charge in [-0.05, 0) is 6.26 Å². The van der Waals surface area contributed by atoms with Gasteiger partial charge in [-0.15, -0.1) is 11.8 Å². The van der Waals surface area contributed by atoms with E-state index in [1.165, 1.54) is 0 Å². The van der Waals surface area contributed by atoms with Gasteiger partial charge in [0.05, 0.1) is 0 Å². The second-order valence-corrected chi connectivity index (χ2v) is 3.21. The van der Waals surface area contributed by atoms with Gasteiger partial charge in [-0.25, -0.2) is 0 Å². The van der Waals surface area contributed by atoms with Gasteiger partial charge in [0.15, 0.2) is 0 Å². The zero-order valence-electron chi connectivity index (χ0n) is 6.02. The largest absolute Gasteiger partial charge is 0.354 e. The monoisotopic (exact) mass is 160 g/mol. The van der Waals surface area contributed by atoms with E-state index in [1.54, 1.807) is 11.8 Å². The average molecular weight is 160 g/mol. The molecule has 1 rings (SSSR count). The van der Waals surface area contributed by atoms with Gasteiger partial charge in [0.2, 0.25) is 5.91 Å². The summed E-state index contributed by atoms with van der Waals surface area (Å²) < 4.78 is 0. The summed E-state index contributed by atoms with van der Waals surface area (Å²) in [5.41, 5.74) is 0. The number of carbonyl (C=O) groups is 1. The first-order valence-electron chi connectivity index (χ1n) is 3.32. The minimum absolute atomic E-state index is 0.165. The number of amides is 1. The molecule has 2 N–H and O–H groups in total. The van der Waals surface area contributed by atoms with Gasteiger partial charge in [-0.3, -0.25) is 4.79 Å². The Morgan fingerprint density at radius 3 is 3.20 bits per heavy atom. The van der Waals surface area contributed by atoms with Crippen LogP contribution in [0.3, 0.4) is 0 Å². The van der Waals surface area contributed by atoms with Crippen molar-refractivity contribution in [1.29, 1.82) is 0 Å². The van der Waals surface area contributed by atoms with Gasteiger partial charge in [-0.1, -0.05) is 0 Å². The Labute approximate surface area is 64.9 Å². The molecular formula is C6H12N2OS. The van der Waals surface area contributed by atoms with Gasteiger partial charge in [0.1, 0.15) is 0 Å². The van der Waals surface area contributed by atoms with Crippen LogP contribution in [-0.2, 0) is 4.79 Å². The van der Waals surface area contributed by atoms with E-state index in [9.17, 15) is 4.79 Å². The van der Waals surface area contributed by atoms with Gasteiger partial charge in [0.25, 0.3) is 0 Å². The molecule has 0 aromatic heterocycles. The van der Waals surface area contributed by atoms with Crippen LogP contribution in [-0.4, -0.2) is 30.6 Å². The van der Waals surface area contributed by atoms with E-state index < -0.39 is 0 Å². The third-order valence-electron chi connectivity index (χ3n) is 1.49. The number of thioether (sulfide) groups is 1. The molecular weight excluding hydrogens is 148 g/mol. The fraction of sp³-hybridized carbons (Fsp3) is 0.833. The Hall–Kier alpha value is -0.220. The molecule has 1 saturated heterocycles. The van der Waals surface area contributed by atoms with Gasteiger partial charge >= 0.3 is 0 Å². The molecule has 0 spiro atoms. The van der Waals surface area contributed by atoms with Crippen molar-refractivity contribution in [3.05, 3.63) is 0 Å². The molecule has 0 saturated carbocycles. The first-order valence-corrected chi connectivity index (χ1v) is 4.71. The van der Waals surface area contributed by atoms with Gasteiger partial charge < -0.3 is 10.6 Å². The minimum atomic E-state index is 0.165. The summed E-state index contributed by atoms with van der Waals surface area (Å²) in [4.78, 5) is 10.7. The molecule has 0 aromatic rings. The standard InChI is InChI=1S/C6H12N2OS/c1-10-4-8-5-2-6(9)7-3-5/h5,8H,2-4H2,1H3,(H,7,9). The third kappa shape index (κ3) is 2.19. The van der Waals surface area contributed by atoms with Gasteiger partial charge in [-0.2, -0.15) is 0 Å². The molecule has 3 nitrogen and oxygen atoms in total. The van der Waals surface area contributed by atoms with Crippen LogP contribution in [0.15, 0.2) is 0 Å². The van der Waals surface area contributed by atoms with Crippen molar-refractivity contribution in [2.45, 2.75) is 12.5 Å². The predicted molar refractivity (Wildman–Crippen MR) is 42.9 cm³/mol. The highest BCUT2D eigenvalue weighted by Gasteiger charge is 2.19. The van der Waals surface area contributed by atoms with E-state index in [0.29, 0.717) is 12.5 Å². The molecule has 1 atom stereocenters. The number of nitrogens with one attached hydrogen (secondary N) is 2. The summed E-state index contributed by atoms with van der Waals surface area (Å²) in [7, 11) is 0. The molecule has 1 unspecified atom stereocenters. The van der Waals surface area contributed by atoms with Crippen LogP contribution >= 0.6 is 11.8 Å². The van der Waals surface area contributed by atoms with Crippen molar-refractivity contribution in [2.75, 3.05) is 18.7 Å². The lowest BCUT2D eigenvalue weighted by atomic mass is 10.3. The summed E-state index contributed by atoms with van der Waals surface area (Å²) in [6.07, 6.45) is 2.68. The number of hydrogen-bond acceptors (Lipinski definition) is 3. The van der Waals surface area contributed by atoms with Crippen LogP contribution in [0, 0.1) is 0 Å². The lowest BCUT2D eigenvalue weighted by Gasteiger charge is -2.06. The van der Waals surface area contributed by atoms with Crippen LogP contribution < -0.4 is 10.6 Å². The van der Waals surface area contributed by atoms with E-state index in [4.69, 9.17) is 0 Å². The number of carbonyl (C=O) groups excluding carboxylic acids is 1. The van der Waals surface area contributed by atoms with Crippen LogP contribution in [0.4, 0.5) is 0 Å². The molecule has 1 amide bonds. The van der Waals surface area contributed by atoms with Crippen molar-refractivity contribution in [3.63, 3.8) is 0 Å². The molecule has 0 aliphatic carbocycles. The molecule has 58 valence electrons. The zero-order chi connectivity index (χ0) is 7.40. The van der Waals surface area contributed by atoms with E-state index >= 15 is 0 Å². The SMILES string of the molecule is CSCNC1CNC(=O)C1. The van der Waals surface area contributed by atoms with E-state index in [0.717, 1.165) is 12.4 Å². The van der Waals surface area contributed by atoms with E-state index in [2.05, 4.69) is 10.6 Å². The summed E-state index contributed by atoms with van der Waals surface area (Å²) in [6, 6.07) is 0.361. The maximum absolute atomic E-state index is 10.7. The highest BCUT2D eigenvalue weighted by Crippen LogP contribution is 1.99. The highest BCUT2D eigenvalue weighted by molar-refractivity contribution is 7.98. The molecule has 1 aliphatic heterocycles. The van der Waals surface area contributed by atoms with Crippen molar-refractivity contribution in [3.8, 4) is 0 Å². The van der Waals surface area contributed by atoms with Crippen LogP contribution in [0.5, 0.6) is 0 Å². The molecule has 0 radical (unpaired) electrons. The Kier molecular flexibility index (Phi) is 3.02. The Morgan fingerprint density at radius 2 is 2.70 bits per heavy atom. The number of hydrogen-bond donors (Lipinski definition) is 2. The van der Waals surface area contributed by atoms with Crippen LogP contribution in [0.1, 0.15) is 6.42 Å². The fourth-order valence-corrected chi connectivity index (χ4v) is 1.35. The zero-order valence-corrected chi connectivity index (χ0v) is 6.83. The number of rotatable bonds is 3. The summed E-state index contributed by atoms with van der Waals surface area (Å²) in [5.74, 6) is 1.10. The first kappa shape index (κ1) is 7.88. The van der Waals surface area contributed by atoms with Crippen molar-refractivity contribution >= 4 is 17.7 Å². The predicted octanol–water partition coefficient (Wildman–Crippen LogP) is -0.215.